The minimum absolute atomic E-state index is 0.393. The van der Waals surface area contributed by atoms with Crippen molar-refractivity contribution in [2.75, 3.05) is 38.6 Å². The van der Waals surface area contributed by atoms with Crippen molar-refractivity contribution < 1.29 is 14.6 Å². The molecule has 0 amide bonds. The van der Waals surface area contributed by atoms with Crippen LogP contribution < -0.4 is 0 Å². The standard InChI is InChI=1S/C13H17NO3S/c15-13(16)11-3-1-2-4-12(11)18-10-7-14-5-8-17-9-6-14/h1-4H,5-10H2,(H,15,16). The molecule has 1 aromatic rings. The fourth-order valence-electron chi connectivity index (χ4n) is 1.88. The number of hydrogen-bond acceptors (Lipinski definition) is 4. The van der Waals surface area contributed by atoms with E-state index in [4.69, 9.17) is 9.84 Å². The number of ether oxygens (including phenoxy) is 1. The number of nitrogens with zero attached hydrogens (tertiary/aromatic N) is 1. The summed E-state index contributed by atoms with van der Waals surface area (Å²) in [6, 6.07) is 7.16. The zero-order valence-corrected chi connectivity index (χ0v) is 11.0. The fourth-order valence-corrected chi connectivity index (χ4v) is 2.93. The van der Waals surface area contributed by atoms with Gasteiger partial charge in [-0.15, -0.1) is 11.8 Å². The van der Waals surface area contributed by atoms with E-state index in [0.717, 1.165) is 43.5 Å². The Kier molecular flexibility index (Phi) is 5.04. The van der Waals surface area contributed by atoms with Gasteiger partial charge in [0.15, 0.2) is 0 Å². The first-order chi connectivity index (χ1) is 8.77. The number of hydrogen-bond donors (Lipinski definition) is 1. The van der Waals surface area contributed by atoms with Gasteiger partial charge >= 0.3 is 5.97 Å². The van der Waals surface area contributed by atoms with Crippen molar-refractivity contribution in [1.82, 2.24) is 4.90 Å². The van der Waals surface area contributed by atoms with Crippen LogP contribution in [0.25, 0.3) is 0 Å². The molecular weight excluding hydrogens is 250 g/mol. The van der Waals surface area contributed by atoms with Gasteiger partial charge in [0.1, 0.15) is 0 Å². The van der Waals surface area contributed by atoms with E-state index in [2.05, 4.69) is 4.90 Å². The van der Waals surface area contributed by atoms with E-state index in [1.54, 1.807) is 23.9 Å². The second kappa shape index (κ2) is 6.78. The molecule has 1 N–H and O–H groups in total. The van der Waals surface area contributed by atoms with Crippen LogP contribution in [0.5, 0.6) is 0 Å². The average molecular weight is 267 g/mol. The van der Waals surface area contributed by atoms with E-state index in [1.807, 2.05) is 12.1 Å². The predicted octanol–water partition coefficient (Wildman–Crippen LogP) is 1.81. The van der Waals surface area contributed by atoms with Crippen molar-refractivity contribution in [1.29, 1.82) is 0 Å². The van der Waals surface area contributed by atoms with Crippen LogP contribution in [-0.2, 0) is 4.74 Å². The number of morpholine rings is 1. The summed E-state index contributed by atoms with van der Waals surface area (Å²) in [6.07, 6.45) is 0. The number of carboxylic acids is 1. The predicted molar refractivity (Wildman–Crippen MR) is 71.4 cm³/mol. The molecule has 0 aliphatic carbocycles. The molecule has 0 aromatic heterocycles. The van der Waals surface area contributed by atoms with Crippen molar-refractivity contribution in [3.05, 3.63) is 29.8 Å². The Morgan fingerprint density at radius 1 is 1.33 bits per heavy atom. The molecule has 0 unspecified atom stereocenters. The molecule has 0 saturated carbocycles. The van der Waals surface area contributed by atoms with E-state index in [9.17, 15) is 4.79 Å². The average Bonchev–Trinajstić information content (AvgIpc) is 2.40. The summed E-state index contributed by atoms with van der Waals surface area (Å²) in [4.78, 5) is 14.2. The van der Waals surface area contributed by atoms with Crippen LogP contribution in [0.2, 0.25) is 0 Å². The number of thioether (sulfide) groups is 1. The molecule has 1 aromatic carbocycles. The summed E-state index contributed by atoms with van der Waals surface area (Å²) in [7, 11) is 0. The Morgan fingerprint density at radius 2 is 2.06 bits per heavy atom. The van der Waals surface area contributed by atoms with Gasteiger partial charge in [-0.3, -0.25) is 4.90 Å². The quantitative estimate of drug-likeness (QED) is 0.825. The van der Waals surface area contributed by atoms with Crippen molar-refractivity contribution in [2.24, 2.45) is 0 Å². The molecule has 1 saturated heterocycles. The summed E-state index contributed by atoms with van der Waals surface area (Å²) in [6.45, 7) is 4.52. The number of benzene rings is 1. The van der Waals surface area contributed by atoms with Crippen molar-refractivity contribution in [3.63, 3.8) is 0 Å². The molecule has 2 rings (SSSR count). The van der Waals surface area contributed by atoms with Gasteiger partial charge in [-0.1, -0.05) is 12.1 Å². The molecule has 1 heterocycles. The van der Waals surface area contributed by atoms with Crippen LogP contribution >= 0.6 is 11.8 Å². The molecule has 1 fully saturated rings. The minimum Gasteiger partial charge on any atom is -0.478 e. The molecule has 5 heteroatoms. The van der Waals surface area contributed by atoms with Gasteiger partial charge in [0.05, 0.1) is 18.8 Å². The van der Waals surface area contributed by atoms with Gasteiger partial charge in [0, 0.05) is 30.3 Å². The lowest BCUT2D eigenvalue weighted by molar-refractivity contribution is 0.0410. The second-order valence-electron chi connectivity index (χ2n) is 4.10. The normalized spacial score (nSPS) is 16.7. The maximum absolute atomic E-state index is 11.0. The topological polar surface area (TPSA) is 49.8 Å². The fraction of sp³-hybridized carbons (Fsp3) is 0.462. The van der Waals surface area contributed by atoms with Gasteiger partial charge in [0.25, 0.3) is 0 Å². The maximum Gasteiger partial charge on any atom is 0.336 e. The first kappa shape index (κ1) is 13.4. The van der Waals surface area contributed by atoms with Gasteiger partial charge in [-0.25, -0.2) is 4.79 Å². The number of aromatic carboxylic acids is 1. The van der Waals surface area contributed by atoms with E-state index < -0.39 is 5.97 Å². The summed E-state index contributed by atoms with van der Waals surface area (Å²) in [5.41, 5.74) is 0.393. The van der Waals surface area contributed by atoms with Crippen LogP contribution in [0, 0.1) is 0 Å². The van der Waals surface area contributed by atoms with E-state index in [1.165, 1.54) is 0 Å². The van der Waals surface area contributed by atoms with Gasteiger partial charge in [0.2, 0.25) is 0 Å². The van der Waals surface area contributed by atoms with Gasteiger partial charge in [-0.05, 0) is 12.1 Å². The monoisotopic (exact) mass is 267 g/mol. The van der Waals surface area contributed by atoms with Crippen LogP contribution in [0.4, 0.5) is 0 Å². The van der Waals surface area contributed by atoms with Crippen molar-refractivity contribution in [2.45, 2.75) is 4.90 Å². The van der Waals surface area contributed by atoms with Crippen molar-refractivity contribution >= 4 is 17.7 Å². The van der Waals surface area contributed by atoms with E-state index >= 15 is 0 Å². The minimum atomic E-state index is -0.857. The zero-order valence-electron chi connectivity index (χ0n) is 10.2. The van der Waals surface area contributed by atoms with Crippen LogP contribution in [0.3, 0.4) is 0 Å². The summed E-state index contributed by atoms with van der Waals surface area (Å²) in [5, 5.41) is 9.07. The van der Waals surface area contributed by atoms with Crippen molar-refractivity contribution in [3.8, 4) is 0 Å². The SMILES string of the molecule is O=C(O)c1ccccc1SCCN1CCOCC1. The number of carboxylic acid groups (broad SMARTS) is 1. The molecule has 98 valence electrons. The highest BCUT2D eigenvalue weighted by Crippen LogP contribution is 2.22. The summed E-state index contributed by atoms with van der Waals surface area (Å²) in [5.74, 6) is 0.0501. The molecule has 0 radical (unpaired) electrons. The Bertz CT molecular complexity index is 405. The van der Waals surface area contributed by atoms with Gasteiger partial charge < -0.3 is 9.84 Å². The third-order valence-electron chi connectivity index (χ3n) is 2.89. The third kappa shape index (κ3) is 3.73. The lowest BCUT2D eigenvalue weighted by atomic mass is 10.2. The molecule has 18 heavy (non-hydrogen) atoms. The molecular formula is C13H17NO3S. The lowest BCUT2D eigenvalue weighted by Crippen LogP contribution is -2.37. The highest BCUT2D eigenvalue weighted by atomic mass is 32.2. The smallest absolute Gasteiger partial charge is 0.336 e. The molecule has 0 spiro atoms. The Balaban J connectivity index is 1.84. The first-order valence-electron chi connectivity index (χ1n) is 6.02. The second-order valence-corrected chi connectivity index (χ2v) is 5.24. The lowest BCUT2D eigenvalue weighted by Gasteiger charge is -2.26. The maximum atomic E-state index is 11.0. The molecule has 4 nitrogen and oxygen atoms in total. The Morgan fingerprint density at radius 3 is 2.78 bits per heavy atom. The highest BCUT2D eigenvalue weighted by molar-refractivity contribution is 7.99. The van der Waals surface area contributed by atoms with Crippen LogP contribution in [0.15, 0.2) is 29.2 Å². The van der Waals surface area contributed by atoms with E-state index in [0.29, 0.717) is 5.56 Å². The Hall–Kier alpha value is -1.04. The third-order valence-corrected chi connectivity index (χ3v) is 3.94. The van der Waals surface area contributed by atoms with Crippen LogP contribution in [-0.4, -0.2) is 54.6 Å². The zero-order chi connectivity index (χ0) is 12.8. The summed E-state index contributed by atoms with van der Waals surface area (Å²) < 4.78 is 5.29. The van der Waals surface area contributed by atoms with Gasteiger partial charge in [-0.2, -0.15) is 0 Å². The molecule has 1 aliphatic heterocycles. The highest BCUT2D eigenvalue weighted by Gasteiger charge is 2.12. The largest absolute Gasteiger partial charge is 0.478 e. The first-order valence-corrected chi connectivity index (χ1v) is 7.01. The number of carbonyl (C=O) groups is 1. The molecule has 1 aliphatic rings. The summed E-state index contributed by atoms with van der Waals surface area (Å²) >= 11 is 1.61. The molecule has 0 bridgehead atoms. The van der Waals surface area contributed by atoms with E-state index in [-0.39, 0.29) is 0 Å². The Labute approximate surface area is 111 Å². The number of rotatable bonds is 5. The van der Waals surface area contributed by atoms with Crippen LogP contribution in [0.1, 0.15) is 10.4 Å². The molecule has 0 atom stereocenters.